The molecule has 0 aromatic carbocycles. The molecular weight excluding hydrogens is 424 g/mol. The summed E-state index contributed by atoms with van der Waals surface area (Å²) in [5, 5.41) is 10.3. The van der Waals surface area contributed by atoms with Gasteiger partial charge in [-0.05, 0) is 87.9 Å². The van der Waals surface area contributed by atoms with Crippen molar-refractivity contribution in [1.29, 1.82) is 0 Å². The Kier molecular flexibility index (Phi) is 7.54. The van der Waals surface area contributed by atoms with E-state index in [2.05, 4.69) is 52.8 Å². The third kappa shape index (κ3) is 4.48. The van der Waals surface area contributed by atoms with Crippen LogP contribution in [0.4, 0.5) is 0 Å². The molecule has 8 atom stereocenters. The normalized spacial score (nSPS) is 39.3. The number of hydrogen-bond donors (Lipinski definition) is 1. The third-order valence-corrected chi connectivity index (χ3v) is 10.7. The predicted octanol–water partition coefficient (Wildman–Crippen LogP) is 6.33. The molecule has 0 bridgehead atoms. The van der Waals surface area contributed by atoms with Gasteiger partial charge in [-0.2, -0.15) is 0 Å². The molecule has 4 rings (SSSR count). The summed E-state index contributed by atoms with van der Waals surface area (Å²) in [5.74, 6) is 3.08. The van der Waals surface area contributed by atoms with Crippen molar-refractivity contribution in [2.24, 2.45) is 46.3 Å². The van der Waals surface area contributed by atoms with Crippen LogP contribution in [0.15, 0.2) is 23.8 Å². The van der Waals surface area contributed by atoms with Crippen LogP contribution in [0.5, 0.6) is 0 Å². The maximum Gasteiger partial charge on any atom is 0.147 e. The van der Waals surface area contributed by atoms with E-state index in [4.69, 9.17) is 9.47 Å². The quantitative estimate of drug-likeness (QED) is 0.298. The third-order valence-electron chi connectivity index (χ3n) is 10.7. The Morgan fingerprint density at radius 3 is 2.56 bits per heavy atom. The van der Waals surface area contributed by atoms with E-state index in [9.17, 15) is 9.90 Å². The molecule has 0 spiro atoms. The van der Waals surface area contributed by atoms with Crippen LogP contribution in [0.2, 0.25) is 0 Å². The van der Waals surface area contributed by atoms with E-state index in [-0.39, 0.29) is 23.5 Å². The largest absolute Gasteiger partial charge is 0.396 e. The number of aliphatic hydroxyl groups excluding tert-OH is 1. The molecule has 0 aromatic heterocycles. The number of aliphatic hydroxyl groups is 1. The lowest BCUT2D eigenvalue weighted by Crippen LogP contribution is -2.36. The summed E-state index contributed by atoms with van der Waals surface area (Å²) < 4.78 is 11.0. The second kappa shape index (κ2) is 9.82. The van der Waals surface area contributed by atoms with Crippen molar-refractivity contribution in [2.75, 3.05) is 20.5 Å². The monoisotopic (exact) mass is 472 g/mol. The van der Waals surface area contributed by atoms with Crippen LogP contribution < -0.4 is 0 Å². The van der Waals surface area contributed by atoms with Gasteiger partial charge in [-0.15, -0.1) is 0 Å². The van der Waals surface area contributed by atoms with Crippen molar-refractivity contribution in [2.45, 2.75) is 91.6 Å². The summed E-state index contributed by atoms with van der Waals surface area (Å²) in [4.78, 5) is 12.7. The minimum atomic E-state index is -0.258. The molecule has 0 amide bonds. The van der Waals surface area contributed by atoms with Crippen LogP contribution in [0.1, 0.15) is 86.0 Å². The van der Waals surface area contributed by atoms with Crippen molar-refractivity contribution in [3.8, 4) is 0 Å². The summed E-state index contributed by atoms with van der Waals surface area (Å²) >= 11 is 0. The number of Topliss-reactive ketones (excluding diaryl/α,β-unsaturated/α-hetero) is 1. The van der Waals surface area contributed by atoms with Crippen LogP contribution in [-0.4, -0.2) is 37.0 Å². The van der Waals surface area contributed by atoms with Crippen molar-refractivity contribution in [1.82, 2.24) is 0 Å². The molecule has 4 heteroatoms. The number of carbonyl (C=O) groups is 1. The van der Waals surface area contributed by atoms with E-state index < -0.39 is 0 Å². The Morgan fingerprint density at radius 2 is 1.94 bits per heavy atom. The number of methoxy groups -OCH3 is 1. The van der Waals surface area contributed by atoms with Gasteiger partial charge in [0.1, 0.15) is 12.6 Å². The standard InChI is InChI=1S/C30H48O4/c1-20(9-10-21(2)28(3,4)34-19-33-6)25-12-13-26-22(8-7-15-29(25,26)5)16-24(18-31)30-17-23(30)11-14-27(30)32/h9-10,16,20-21,23-26,31H,7-8,11-15,17-19H2,1-6H3/b10-9+,22-16+/t20-,21+,23-,24+,25-,26+,29-,30+/m1/s1. The summed E-state index contributed by atoms with van der Waals surface area (Å²) in [7, 11) is 1.67. The molecule has 0 heterocycles. The van der Waals surface area contributed by atoms with Gasteiger partial charge in [0.2, 0.25) is 0 Å². The lowest BCUT2D eigenvalue weighted by molar-refractivity contribution is -0.128. The fourth-order valence-corrected chi connectivity index (χ4v) is 8.06. The molecule has 34 heavy (non-hydrogen) atoms. The molecule has 4 saturated carbocycles. The summed E-state index contributed by atoms with van der Waals surface area (Å²) in [6.07, 6.45) is 16.1. The van der Waals surface area contributed by atoms with E-state index >= 15 is 0 Å². The zero-order valence-corrected chi connectivity index (χ0v) is 22.4. The Morgan fingerprint density at radius 1 is 1.18 bits per heavy atom. The maximum absolute atomic E-state index is 12.7. The average Bonchev–Trinajstić information content (AvgIpc) is 3.31. The minimum absolute atomic E-state index is 0.0383. The van der Waals surface area contributed by atoms with Crippen molar-refractivity contribution < 1.29 is 19.4 Å². The second-order valence-corrected chi connectivity index (χ2v) is 12.7. The molecular formula is C30H48O4. The molecule has 0 unspecified atom stereocenters. The van der Waals surface area contributed by atoms with Gasteiger partial charge in [0.05, 0.1) is 12.2 Å². The number of ketones is 1. The second-order valence-electron chi connectivity index (χ2n) is 12.7. The number of hydrogen-bond acceptors (Lipinski definition) is 4. The Bertz CT molecular complexity index is 813. The molecule has 192 valence electrons. The van der Waals surface area contributed by atoms with Crippen molar-refractivity contribution >= 4 is 5.78 Å². The lowest BCUT2D eigenvalue weighted by Gasteiger charge is -2.44. The van der Waals surface area contributed by atoms with Gasteiger partial charge in [-0.1, -0.05) is 44.6 Å². The first kappa shape index (κ1) is 26.1. The number of carbonyl (C=O) groups excluding carboxylic acids is 1. The zero-order chi connectivity index (χ0) is 24.7. The highest BCUT2D eigenvalue weighted by Crippen LogP contribution is 2.67. The number of ether oxygens (including phenoxy) is 2. The van der Waals surface area contributed by atoms with Gasteiger partial charge in [0.15, 0.2) is 0 Å². The Labute approximate surface area is 207 Å². The maximum atomic E-state index is 12.7. The SMILES string of the molecule is COCOC(C)(C)[C@@H](C)/C=C/[C@@H](C)[C@H]1CC[C@H]2/C(=C/[C@@H](CO)[C@]34C[C@H]3CCC4=O)CCC[C@]12C. The minimum Gasteiger partial charge on any atom is -0.396 e. The van der Waals surface area contributed by atoms with E-state index in [1.165, 1.54) is 25.7 Å². The molecule has 0 aliphatic heterocycles. The average molecular weight is 473 g/mol. The van der Waals surface area contributed by atoms with Crippen LogP contribution in [0.25, 0.3) is 0 Å². The fraction of sp³-hybridized carbons (Fsp3) is 0.833. The molecule has 1 N–H and O–H groups in total. The summed E-state index contributed by atoms with van der Waals surface area (Å²) in [6, 6.07) is 0. The first-order chi connectivity index (χ1) is 16.1. The summed E-state index contributed by atoms with van der Waals surface area (Å²) in [5.41, 5.74) is 1.39. The van der Waals surface area contributed by atoms with Gasteiger partial charge >= 0.3 is 0 Å². The Hall–Kier alpha value is -0.970. The molecule has 0 aromatic rings. The van der Waals surface area contributed by atoms with Gasteiger partial charge in [0, 0.05) is 30.8 Å². The van der Waals surface area contributed by atoms with Crippen LogP contribution in [0, 0.1) is 46.3 Å². The first-order valence-electron chi connectivity index (χ1n) is 13.8. The topological polar surface area (TPSA) is 55.8 Å². The smallest absolute Gasteiger partial charge is 0.147 e. The van der Waals surface area contributed by atoms with Crippen LogP contribution in [0.3, 0.4) is 0 Å². The summed E-state index contributed by atoms with van der Waals surface area (Å²) in [6.45, 7) is 11.8. The highest BCUT2D eigenvalue weighted by atomic mass is 16.7. The van der Waals surface area contributed by atoms with Crippen molar-refractivity contribution in [3.05, 3.63) is 23.8 Å². The number of fused-ring (bicyclic) bond motifs is 2. The molecule has 0 saturated heterocycles. The lowest BCUT2D eigenvalue weighted by atomic mass is 9.60. The molecule has 4 nitrogen and oxygen atoms in total. The van der Waals surface area contributed by atoms with E-state index in [1.54, 1.807) is 12.7 Å². The van der Waals surface area contributed by atoms with E-state index in [0.29, 0.717) is 47.6 Å². The van der Waals surface area contributed by atoms with E-state index in [1.807, 2.05) is 0 Å². The fourth-order valence-electron chi connectivity index (χ4n) is 8.06. The van der Waals surface area contributed by atoms with Gasteiger partial charge in [0.25, 0.3) is 0 Å². The Balaban J connectivity index is 1.47. The van der Waals surface area contributed by atoms with Crippen molar-refractivity contribution in [3.63, 3.8) is 0 Å². The van der Waals surface area contributed by atoms with Gasteiger partial charge in [-0.25, -0.2) is 0 Å². The highest BCUT2D eigenvalue weighted by molar-refractivity contribution is 5.91. The predicted molar refractivity (Wildman–Crippen MR) is 136 cm³/mol. The molecule has 0 radical (unpaired) electrons. The highest BCUT2D eigenvalue weighted by Gasteiger charge is 2.66. The number of allylic oxidation sites excluding steroid dienone is 2. The van der Waals surface area contributed by atoms with Crippen LogP contribution in [-0.2, 0) is 14.3 Å². The van der Waals surface area contributed by atoms with Gasteiger partial charge < -0.3 is 14.6 Å². The first-order valence-corrected chi connectivity index (χ1v) is 13.8. The van der Waals surface area contributed by atoms with Crippen LogP contribution >= 0.6 is 0 Å². The number of rotatable bonds is 10. The molecule has 4 aliphatic rings. The van der Waals surface area contributed by atoms with Gasteiger partial charge in [-0.3, -0.25) is 4.79 Å². The van der Waals surface area contributed by atoms with E-state index in [0.717, 1.165) is 25.7 Å². The molecule has 4 fully saturated rings. The zero-order valence-electron chi connectivity index (χ0n) is 22.4. The molecule has 4 aliphatic carbocycles.